The third-order valence-electron chi connectivity index (χ3n) is 4.24. The average Bonchev–Trinajstić information content (AvgIpc) is 2.78. The Morgan fingerprint density at radius 1 is 1.47 bits per heavy atom. The Labute approximate surface area is 114 Å². The van der Waals surface area contributed by atoms with Crippen LogP contribution in [-0.4, -0.2) is 30.0 Å². The molecule has 4 heteroatoms. The van der Waals surface area contributed by atoms with Crippen molar-refractivity contribution < 1.29 is 14.9 Å². The van der Waals surface area contributed by atoms with Gasteiger partial charge in [-0.05, 0) is 30.5 Å². The van der Waals surface area contributed by atoms with Crippen molar-refractivity contribution in [3.05, 3.63) is 23.8 Å². The first-order chi connectivity index (χ1) is 9.09. The third-order valence-corrected chi connectivity index (χ3v) is 4.24. The van der Waals surface area contributed by atoms with Crippen molar-refractivity contribution in [1.82, 2.24) is 5.32 Å². The van der Waals surface area contributed by atoms with Gasteiger partial charge in [0.1, 0.15) is 0 Å². The lowest BCUT2D eigenvalue weighted by atomic mass is 9.86. The maximum absolute atomic E-state index is 9.74. The van der Waals surface area contributed by atoms with Crippen LogP contribution in [0.15, 0.2) is 18.2 Å². The fraction of sp³-hybridized carbons (Fsp3) is 0.600. The Bertz CT molecular complexity index is 435. The zero-order valence-electron chi connectivity index (χ0n) is 11.6. The Morgan fingerprint density at radius 3 is 2.89 bits per heavy atom. The number of phenolic OH excluding ortho intramolecular Hbond substituents is 1. The van der Waals surface area contributed by atoms with Gasteiger partial charge in [-0.1, -0.05) is 19.4 Å². The molecule has 1 aliphatic carbocycles. The summed E-state index contributed by atoms with van der Waals surface area (Å²) in [6, 6.07) is 5.77. The Hall–Kier alpha value is -1.26. The SMILES string of the molecule is COc1ccc(CNC2CCCC2(C)CO)cc1O. The van der Waals surface area contributed by atoms with Crippen LogP contribution in [0.4, 0.5) is 0 Å². The minimum Gasteiger partial charge on any atom is -0.504 e. The minimum atomic E-state index is -0.0193. The summed E-state index contributed by atoms with van der Waals surface area (Å²) in [6.45, 7) is 3.04. The van der Waals surface area contributed by atoms with Crippen LogP contribution < -0.4 is 10.1 Å². The Morgan fingerprint density at radius 2 is 2.26 bits per heavy atom. The number of aliphatic hydroxyl groups is 1. The van der Waals surface area contributed by atoms with Crippen LogP contribution in [0.1, 0.15) is 31.7 Å². The summed E-state index contributed by atoms with van der Waals surface area (Å²) in [4.78, 5) is 0. The number of aromatic hydroxyl groups is 1. The van der Waals surface area contributed by atoms with Gasteiger partial charge in [-0.2, -0.15) is 0 Å². The van der Waals surface area contributed by atoms with Crippen LogP contribution >= 0.6 is 0 Å². The van der Waals surface area contributed by atoms with Crippen LogP contribution in [0, 0.1) is 5.41 Å². The van der Waals surface area contributed by atoms with Crippen molar-refractivity contribution in [2.75, 3.05) is 13.7 Å². The van der Waals surface area contributed by atoms with Gasteiger partial charge in [0.05, 0.1) is 7.11 Å². The van der Waals surface area contributed by atoms with Crippen molar-refractivity contribution in [3.63, 3.8) is 0 Å². The predicted octanol–water partition coefficient (Wildman–Crippen LogP) is 2.04. The van der Waals surface area contributed by atoms with Crippen molar-refractivity contribution >= 4 is 0 Å². The van der Waals surface area contributed by atoms with Crippen LogP contribution in [0.3, 0.4) is 0 Å². The van der Waals surface area contributed by atoms with Crippen molar-refractivity contribution in [3.8, 4) is 11.5 Å². The fourth-order valence-corrected chi connectivity index (χ4v) is 2.86. The molecule has 1 aromatic carbocycles. The molecule has 1 aromatic rings. The highest BCUT2D eigenvalue weighted by Gasteiger charge is 2.37. The molecule has 0 radical (unpaired) electrons. The number of ether oxygens (including phenoxy) is 1. The Balaban J connectivity index is 1.97. The van der Waals surface area contributed by atoms with E-state index in [0.29, 0.717) is 18.3 Å². The highest BCUT2D eigenvalue weighted by Crippen LogP contribution is 2.37. The molecule has 106 valence electrons. The van der Waals surface area contributed by atoms with E-state index >= 15 is 0 Å². The van der Waals surface area contributed by atoms with E-state index in [1.807, 2.05) is 6.07 Å². The maximum atomic E-state index is 9.74. The first-order valence-electron chi connectivity index (χ1n) is 6.79. The van der Waals surface area contributed by atoms with E-state index in [4.69, 9.17) is 4.74 Å². The molecule has 2 unspecified atom stereocenters. The van der Waals surface area contributed by atoms with Crippen LogP contribution in [0.2, 0.25) is 0 Å². The van der Waals surface area contributed by atoms with Crippen molar-refractivity contribution in [1.29, 1.82) is 0 Å². The predicted molar refractivity (Wildman–Crippen MR) is 74.3 cm³/mol. The van der Waals surface area contributed by atoms with Crippen molar-refractivity contribution in [2.24, 2.45) is 5.41 Å². The summed E-state index contributed by atoms with van der Waals surface area (Å²) in [6.07, 6.45) is 3.32. The van der Waals surface area contributed by atoms with E-state index < -0.39 is 0 Å². The highest BCUT2D eigenvalue weighted by molar-refractivity contribution is 5.41. The van der Waals surface area contributed by atoms with E-state index in [2.05, 4.69) is 12.2 Å². The Kier molecular flexibility index (Phi) is 4.32. The van der Waals surface area contributed by atoms with E-state index in [1.54, 1.807) is 12.1 Å². The van der Waals surface area contributed by atoms with Gasteiger partial charge in [0.15, 0.2) is 11.5 Å². The van der Waals surface area contributed by atoms with Gasteiger partial charge < -0.3 is 20.3 Å². The van der Waals surface area contributed by atoms with Gasteiger partial charge in [-0.25, -0.2) is 0 Å². The molecule has 2 rings (SSSR count). The largest absolute Gasteiger partial charge is 0.504 e. The molecule has 3 N–H and O–H groups in total. The molecular weight excluding hydrogens is 242 g/mol. The molecule has 1 aliphatic rings. The van der Waals surface area contributed by atoms with E-state index in [1.165, 1.54) is 7.11 Å². The summed E-state index contributed by atoms with van der Waals surface area (Å²) in [5.74, 6) is 0.656. The second-order valence-electron chi connectivity index (χ2n) is 5.64. The molecule has 0 heterocycles. The van der Waals surface area contributed by atoms with Crippen LogP contribution in [-0.2, 0) is 6.54 Å². The summed E-state index contributed by atoms with van der Waals surface area (Å²) in [7, 11) is 1.54. The lowest BCUT2D eigenvalue weighted by molar-refractivity contribution is 0.118. The number of methoxy groups -OCH3 is 1. The molecule has 0 bridgehead atoms. The zero-order valence-corrected chi connectivity index (χ0v) is 11.6. The standard InChI is InChI=1S/C15H23NO3/c1-15(10-17)7-3-4-14(15)16-9-11-5-6-13(19-2)12(18)8-11/h5-6,8,14,16-18H,3-4,7,9-10H2,1-2H3. The number of hydrogen-bond donors (Lipinski definition) is 3. The second kappa shape index (κ2) is 5.80. The van der Waals surface area contributed by atoms with E-state index in [0.717, 1.165) is 24.8 Å². The number of benzene rings is 1. The summed E-state index contributed by atoms with van der Waals surface area (Å²) >= 11 is 0. The molecule has 19 heavy (non-hydrogen) atoms. The molecule has 2 atom stereocenters. The molecule has 1 saturated carbocycles. The van der Waals surface area contributed by atoms with Gasteiger partial charge in [-0.15, -0.1) is 0 Å². The molecule has 0 saturated heterocycles. The van der Waals surface area contributed by atoms with Gasteiger partial charge in [-0.3, -0.25) is 0 Å². The third kappa shape index (κ3) is 3.01. The number of rotatable bonds is 5. The smallest absolute Gasteiger partial charge is 0.160 e. The lowest BCUT2D eigenvalue weighted by Gasteiger charge is -2.30. The number of nitrogens with one attached hydrogen (secondary N) is 1. The molecule has 1 fully saturated rings. The van der Waals surface area contributed by atoms with Gasteiger partial charge in [0.2, 0.25) is 0 Å². The molecule has 0 spiro atoms. The summed E-state index contributed by atoms with van der Waals surface area (Å²) in [5, 5.41) is 22.7. The molecule has 0 aromatic heterocycles. The quantitative estimate of drug-likeness (QED) is 0.762. The van der Waals surface area contributed by atoms with Crippen LogP contribution in [0.5, 0.6) is 11.5 Å². The zero-order chi connectivity index (χ0) is 13.9. The molecule has 0 aliphatic heterocycles. The van der Waals surface area contributed by atoms with Gasteiger partial charge in [0, 0.05) is 24.6 Å². The normalized spacial score (nSPS) is 26.6. The topological polar surface area (TPSA) is 61.7 Å². The monoisotopic (exact) mass is 265 g/mol. The van der Waals surface area contributed by atoms with E-state index in [-0.39, 0.29) is 17.8 Å². The second-order valence-corrected chi connectivity index (χ2v) is 5.64. The fourth-order valence-electron chi connectivity index (χ4n) is 2.86. The first-order valence-corrected chi connectivity index (χ1v) is 6.79. The summed E-state index contributed by atoms with van der Waals surface area (Å²) in [5.41, 5.74) is 1.000. The molecular formula is C15H23NO3. The van der Waals surface area contributed by atoms with Gasteiger partial charge in [0.25, 0.3) is 0 Å². The van der Waals surface area contributed by atoms with Gasteiger partial charge >= 0.3 is 0 Å². The van der Waals surface area contributed by atoms with E-state index in [9.17, 15) is 10.2 Å². The highest BCUT2D eigenvalue weighted by atomic mass is 16.5. The summed E-state index contributed by atoms with van der Waals surface area (Å²) < 4.78 is 5.02. The lowest BCUT2D eigenvalue weighted by Crippen LogP contribution is -2.41. The minimum absolute atomic E-state index is 0.0193. The average molecular weight is 265 g/mol. The first kappa shape index (κ1) is 14.2. The number of phenols is 1. The van der Waals surface area contributed by atoms with Crippen LogP contribution in [0.25, 0.3) is 0 Å². The number of hydrogen-bond acceptors (Lipinski definition) is 4. The maximum Gasteiger partial charge on any atom is 0.160 e. The molecule has 4 nitrogen and oxygen atoms in total. The molecule has 0 amide bonds. The van der Waals surface area contributed by atoms with Crippen molar-refractivity contribution in [2.45, 2.75) is 38.8 Å². The number of aliphatic hydroxyl groups excluding tert-OH is 1.